The van der Waals surface area contributed by atoms with Crippen molar-refractivity contribution in [3.8, 4) is 0 Å². The number of benzene rings is 3. The number of piperidine rings is 1. The summed E-state index contributed by atoms with van der Waals surface area (Å²) in [6, 6.07) is 21.1. The highest BCUT2D eigenvalue weighted by molar-refractivity contribution is 7.92. The zero-order chi connectivity index (χ0) is 24.1. The number of hydrogen-bond donors (Lipinski definition) is 2. The fourth-order valence-corrected chi connectivity index (χ4v) is 5.30. The zero-order valence-corrected chi connectivity index (χ0v) is 20.6. The van der Waals surface area contributed by atoms with Gasteiger partial charge >= 0.3 is 0 Å². The molecule has 0 bridgehead atoms. The number of halogens is 1. The second-order valence-corrected chi connectivity index (χ2v) is 10.8. The van der Waals surface area contributed by atoms with E-state index < -0.39 is 10.0 Å². The maximum atomic E-state index is 12.8. The normalized spacial score (nSPS) is 15.1. The van der Waals surface area contributed by atoms with Gasteiger partial charge in [0.1, 0.15) is 0 Å². The number of nitrogens with one attached hydrogen (secondary N) is 2. The highest BCUT2D eigenvalue weighted by atomic mass is 35.5. The van der Waals surface area contributed by atoms with E-state index >= 15 is 0 Å². The number of amides is 1. The minimum atomic E-state index is -3.74. The molecule has 3 aromatic rings. The van der Waals surface area contributed by atoms with Crippen LogP contribution in [0.2, 0.25) is 5.02 Å². The van der Waals surface area contributed by atoms with Crippen molar-refractivity contribution in [2.24, 2.45) is 5.92 Å². The van der Waals surface area contributed by atoms with E-state index in [1.807, 2.05) is 0 Å². The summed E-state index contributed by atoms with van der Waals surface area (Å²) in [5, 5.41) is 3.46. The quantitative estimate of drug-likeness (QED) is 0.464. The van der Waals surface area contributed by atoms with Gasteiger partial charge in [0.05, 0.1) is 4.90 Å². The Balaban J connectivity index is 1.29. The number of carbonyl (C=O) groups excluding carboxylic acids is 1. The Hall–Kier alpha value is -2.87. The van der Waals surface area contributed by atoms with Crippen LogP contribution in [0.25, 0.3) is 0 Å². The topological polar surface area (TPSA) is 78.5 Å². The van der Waals surface area contributed by atoms with Gasteiger partial charge in [-0.05, 0) is 86.9 Å². The number of carbonyl (C=O) groups is 1. The molecule has 3 aromatic carbocycles. The van der Waals surface area contributed by atoms with E-state index in [-0.39, 0.29) is 16.7 Å². The van der Waals surface area contributed by atoms with Crippen molar-refractivity contribution in [2.75, 3.05) is 23.1 Å². The molecule has 0 aliphatic carbocycles. The first-order valence-corrected chi connectivity index (χ1v) is 13.1. The van der Waals surface area contributed by atoms with E-state index in [2.05, 4.69) is 46.1 Å². The number of nitrogens with zero attached hydrogens (tertiary/aromatic N) is 1. The van der Waals surface area contributed by atoms with E-state index in [0.717, 1.165) is 32.5 Å². The smallest absolute Gasteiger partial charge is 0.261 e. The molecule has 1 aliphatic heterocycles. The molecule has 4 rings (SSSR count). The van der Waals surface area contributed by atoms with Crippen LogP contribution in [-0.2, 0) is 21.4 Å². The summed E-state index contributed by atoms with van der Waals surface area (Å²) in [4.78, 5) is 15.3. The summed E-state index contributed by atoms with van der Waals surface area (Å²) in [5.41, 5.74) is 3.56. The summed E-state index contributed by atoms with van der Waals surface area (Å²) in [6.07, 6.45) is 1.60. The molecule has 178 valence electrons. The van der Waals surface area contributed by atoms with Crippen LogP contribution >= 0.6 is 11.6 Å². The van der Waals surface area contributed by atoms with Gasteiger partial charge in [0.15, 0.2) is 0 Å². The second kappa shape index (κ2) is 10.6. The Labute approximate surface area is 206 Å². The second-order valence-electron chi connectivity index (χ2n) is 8.67. The van der Waals surface area contributed by atoms with Gasteiger partial charge < -0.3 is 5.32 Å². The van der Waals surface area contributed by atoms with E-state index in [1.54, 1.807) is 36.4 Å². The minimum Gasteiger partial charge on any atom is -0.326 e. The number of rotatable bonds is 7. The van der Waals surface area contributed by atoms with Crippen LogP contribution in [0.5, 0.6) is 0 Å². The fraction of sp³-hybridized carbons (Fsp3) is 0.269. The van der Waals surface area contributed by atoms with Crippen molar-refractivity contribution in [3.63, 3.8) is 0 Å². The Kier molecular flexibility index (Phi) is 7.56. The first-order chi connectivity index (χ1) is 16.3. The molecule has 6 nitrogen and oxygen atoms in total. The van der Waals surface area contributed by atoms with E-state index in [1.165, 1.54) is 23.3 Å². The largest absolute Gasteiger partial charge is 0.326 e. The minimum absolute atomic E-state index is 0.0231. The first kappa shape index (κ1) is 24.3. The van der Waals surface area contributed by atoms with Crippen LogP contribution in [0.3, 0.4) is 0 Å². The lowest BCUT2D eigenvalue weighted by Gasteiger charge is -2.31. The molecular formula is C26H28ClN3O3S. The standard InChI is InChI=1S/C26H28ClN3O3S/c1-19-3-2-4-20(17-19)18-30-15-13-21(14-16-30)26(31)28-23-9-11-25(12-10-23)34(32,33)29-24-7-5-22(27)6-8-24/h2-12,17,21,29H,13-16,18H2,1H3,(H,28,31). The van der Waals surface area contributed by atoms with Crippen molar-refractivity contribution < 1.29 is 13.2 Å². The molecule has 0 radical (unpaired) electrons. The Bertz CT molecular complexity index is 1240. The molecule has 8 heteroatoms. The molecule has 1 amide bonds. The van der Waals surface area contributed by atoms with Crippen molar-refractivity contribution in [1.82, 2.24) is 4.90 Å². The maximum absolute atomic E-state index is 12.8. The monoisotopic (exact) mass is 497 g/mol. The van der Waals surface area contributed by atoms with Gasteiger partial charge in [-0.25, -0.2) is 8.42 Å². The van der Waals surface area contributed by atoms with E-state index in [4.69, 9.17) is 11.6 Å². The van der Waals surface area contributed by atoms with Crippen LogP contribution in [0.15, 0.2) is 77.7 Å². The van der Waals surface area contributed by atoms with E-state index in [0.29, 0.717) is 16.4 Å². The van der Waals surface area contributed by atoms with Gasteiger partial charge in [0.2, 0.25) is 5.91 Å². The van der Waals surface area contributed by atoms with Crippen LogP contribution < -0.4 is 10.0 Å². The molecule has 2 N–H and O–H groups in total. The molecule has 1 heterocycles. The molecule has 34 heavy (non-hydrogen) atoms. The van der Waals surface area contributed by atoms with Crippen molar-refractivity contribution in [2.45, 2.75) is 31.2 Å². The third-order valence-electron chi connectivity index (χ3n) is 5.98. The van der Waals surface area contributed by atoms with Crippen molar-refractivity contribution in [1.29, 1.82) is 0 Å². The van der Waals surface area contributed by atoms with Crippen LogP contribution in [-0.4, -0.2) is 32.3 Å². The first-order valence-electron chi connectivity index (χ1n) is 11.3. The third kappa shape index (κ3) is 6.38. The number of sulfonamides is 1. The summed E-state index contributed by atoms with van der Waals surface area (Å²) < 4.78 is 27.7. The zero-order valence-electron chi connectivity index (χ0n) is 19.0. The summed E-state index contributed by atoms with van der Waals surface area (Å²) in [5.74, 6) is -0.0751. The lowest BCUT2D eigenvalue weighted by molar-refractivity contribution is -0.121. The molecule has 1 saturated heterocycles. The lowest BCUT2D eigenvalue weighted by atomic mass is 9.95. The lowest BCUT2D eigenvalue weighted by Crippen LogP contribution is -2.37. The van der Waals surface area contributed by atoms with Crippen molar-refractivity contribution in [3.05, 3.63) is 88.9 Å². The van der Waals surface area contributed by atoms with Gasteiger partial charge in [-0.3, -0.25) is 14.4 Å². The number of likely N-dealkylation sites (tertiary alicyclic amines) is 1. The van der Waals surface area contributed by atoms with Gasteiger partial charge in [0, 0.05) is 28.9 Å². The average Bonchev–Trinajstić information content (AvgIpc) is 2.81. The predicted molar refractivity (Wildman–Crippen MR) is 137 cm³/mol. The number of anilines is 2. The van der Waals surface area contributed by atoms with Crippen LogP contribution in [0.1, 0.15) is 24.0 Å². The average molecular weight is 498 g/mol. The molecule has 0 unspecified atom stereocenters. The molecule has 1 fully saturated rings. The van der Waals surface area contributed by atoms with Gasteiger partial charge in [-0.15, -0.1) is 0 Å². The number of hydrogen-bond acceptors (Lipinski definition) is 4. The summed E-state index contributed by atoms with van der Waals surface area (Å²) in [6.45, 7) is 4.74. The maximum Gasteiger partial charge on any atom is 0.261 e. The van der Waals surface area contributed by atoms with Gasteiger partial charge in [-0.2, -0.15) is 0 Å². The highest BCUT2D eigenvalue weighted by Gasteiger charge is 2.25. The highest BCUT2D eigenvalue weighted by Crippen LogP contribution is 2.23. The SMILES string of the molecule is Cc1cccc(CN2CCC(C(=O)Nc3ccc(S(=O)(=O)Nc4ccc(Cl)cc4)cc3)CC2)c1. The Morgan fingerprint density at radius 3 is 2.26 bits per heavy atom. The summed E-state index contributed by atoms with van der Waals surface area (Å²) in [7, 11) is -3.74. The molecule has 0 spiro atoms. The summed E-state index contributed by atoms with van der Waals surface area (Å²) >= 11 is 5.85. The molecule has 0 saturated carbocycles. The molecule has 0 atom stereocenters. The number of aryl methyl sites for hydroxylation is 1. The Morgan fingerprint density at radius 1 is 0.971 bits per heavy atom. The molecular weight excluding hydrogens is 470 g/mol. The van der Waals surface area contributed by atoms with Crippen LogP contribution in [0, 0.1) is 12.8 Å². The fourth-order valence-electron chi connectivity index (χ4n) is 4.12. The predicted octanol–water partition coefficient (Wildman–Crippen LogP) is 5.30. The van der Waals surface area contributed by atoms with Gasteiger partial charge in [0.25, 0.3) is 10.0 Å². The Morgan fingerprint density at radius 2 is 1.62 bits per heavy atom. The van der Waals surface area contributed by atoms with Crippen LogP contribution in [0.4, 0.5) is 11.4 Å². The van der Waals surface area contributed by atoms with Crippen molar-refractivity contribution >= 4 is 38.9 Å². The molecule has 0 aromatic heterocycles. The third-order valence-corrected chi connectivity index (χ3v) is 7.62. The molecule has 1 aliphatic rings. The van der Waals surface area contributed by atoms with Gasteiger partial charge in [-0.1, -0.05) is 41.4 Å². The van der Waals surface area contributed by atoms with E-state index in [9.17, 15) is 13.2 Å².